The van der Waals surface area contributed by atoms with E-state index in [0.29, 0.717) is 24.5 Å². The van der Waals surface area contributed by atoms with Gasteiger partial charge in [0.15, 0.2) is 0 Å². The number of amides is 1. The molecule has 0 bridgehead atoms. The smallest absolute Gasteiger partial charge is 0.311 e. The van der Waals surface area contributed by atoms with Crippen molar-refractivity contribution in [2.45, 2.75) is 37.5 Å². The molecule has 1 heterocycles. The van der Waals surface area contributed by atoms with Crippen LogP contribution in [0.15, 0.2) is 24.3 Å². The summed E-state index contributed by atoms with van der Waals surface area (Å²) in [5.41, 5.74) is -0.136. The SMILES string of the molecule is O=C(N1C[C@@H]2CCC[C@@]2(C(=O)O)C1)C1(c2ccc(Cl)cc2)CC1. The number of carboxylic acid groups (broad SMARTS) is 1. The highest BCUT2D eigenvalue weighted by molar-refractivity contribution is 6.30. The van der Waals surface area contributed by atoms with E-state index in [1.807, 2.05) is 29.2 Å². The first-order valence-electron chi connectivity index (χ1n) is 8.27. The second kappa shape index (κ2) is 4.97. The number of nitrogens with zero attached hydrogens (tertiary/aromatic N) is 1. The summed E-state index contributed by atoms with van der Waals surface area (Å²) >= 11 is 5.95. The molecule has 23 heavy (non-hydrogen) atoms. The number of hydrogen-bond donors (Lipinski definition) is 1. The minimum Gasteiger partial charge on any atom is -0.481 e. The Morgan fingerprint density at radius 2 is 1.87 bits per heavy atom. The van der Waals surface area contributed by atoms with Crippen LogP contribution in [-0.2, 0) is 15.0 Å². The summed E-state index contributed by atoms with van der Waals surface area (Å²) in [7, 11) is 0. The maximum atomic E-state index is 13.1. The van der Waals surface area contributed by atoms with Gasteiger partial charge in [-0.1, -0.05) is 30.2 Å². The van der Waals surface area contributed by atoms with E-state index in [0.717, 1.165) is 31.2 Å². The van der Waals surface area contributed by atoms with Crippen LogP contribution in [0.25, 0.3) is 0 Å². The molecule has 122 valence electrons. The van der Waals surface area contributed by atoms with Crippen LogP contribution in [0.1, 0.15) is 37.7 Å². The summed E-state index contributed by atoms with van der Waals surface area (Å²) in [6.07, 6.45) is 4.26. The minimum absolute atomic E-state index is 0.106. The molecule has 2 saturated carbocycles. The molecule has 0 unspecified atom stereocenters. The first-order chi connectivity index (χ1) is 11.0. The number of likely N-dealkylation sites (tertiary alicyclic amines) is 1. The second-order valence-corrected chi connectivity index (χ2v) is 7.76. The fraction of sp³-hybridized carbons (Fsp3) is 0.556. The molecule has 1 saturated heterocycles. The summed E-state index contributed by atoms with van der Waals surface area (Å²) in [5, 5.41) is 10.4. The number of halogens is 1. The van der Waals surface area contributed by atoms with Crippen molar-refractivity contribution in [3.05, 3.63) is 34.9 Å². The zero-order valence-corrected chi connectivity index (χ0v) is 13.7. The number of rotatable bonds is 3. The molecule has 3 fully saturated rings. The summed E-state index contributed by atoms with van der Waals surface area (Å²) in [6.45, 7) is 0.974. The van der Waals surface area contributed by atoms with E-state index in [-0.39, 0.29) is 11.8 Å². The molecule has 4 nitrogen and oxygen atoms in total. The third kappa shape index (κ3) is 2.11. The van der Waals surface area contributed by atoms with E-state index in [1.165, 1.54) is 0 Å². The summed E-state index contributed by atoms with van der Waals surface area (Å²) in [4.78, 5) is 26.7. The lowest BCUT2D eigenvalue weighted by Gasteiger charge is -2.26. The first kappa shape index (κ1) is 15.0. The fourth-order valence-corrected chi connectivity index (χ4v) is 4.74. The van der Waals surface area contributed by atoms with Crippen LogP contribution < -0.4 is 0 Å². The Bertz CT molecular complexity index is 667. The maximum absolute atomic E-state index is 13.1. The Kier molecular flexibility index (Phi) is 3.24. The topological polar surface area (TPSA) is 57.6 Å². The Morgan fingerprint density at radius 3 is 2.43 bits per heavy atom. The van der Waals surface area contributed by atoms with Crippen LogP contribution in [0, 0.1) is 11.3 Å². The summed E-state index contributed by atoms with van der Waals surface area (Å²) in [6, 6.07) is 7.50. The predicted octanol–water partition coefficient (Wildman–Crippen LogP) is 3.08. The number of aliphatic carboxylic acids is 1. The van der Waals surface area contributed by atoms with E-state index in [4.69, 9.17) is 11.6 Å². The third-order valence-electron chi connectivity index (χ3n) is 6.14. The molecule has 1 aromatic rings. The van der Waals surface area contributed by atoms with Crippen molar-refractivity contribution in [1.29, 1.82) is 0 Å². The normalized spacial score (nSPS) is 31.0. The number of hydrogen-bond acceptors (Lipinski definition) is 2. The molecule has 1 amide bonds. The van der Waals surface area contributed by atoms with Gasteiger partial charge < -0.3 is 10.0 Å². The second-order valence-electron chi connectivity index (χ2n) is 7.33. The van der Waals surface area contributed by atoms with Crippen molar-refractivity contribution >= 4 is 23.5 Å². The first-order valence-corrected chi connectivity index (χ1v) is 8.65. The van der Waals surface area contributed by atoms with Crippen LogP contribution in [0.5, 0.6) is 0 Å². The lowest BCUT2D eigenvalue weighted by Crippen LogP contribution is -2.41. The van der Waals surface area contributed by atoms with Gasteiger partial charge in [-0.3, -0.25) is 9.59 Å². The number of carbonyl (C=O) groups excluding carboxylic acids is 1. The van der Waals surface area contributed by atoms with Gasteiger partial charge in [-0.25, -0.2) is 0 Å². The van der Waals surface area contributed by atoms with Crippen LogP contribution in [-0.4, -0.2) is 35.0 Å². The van der Waals surface area contributed by atoms with E-state index < -0.39 is 16.8 Å². The van der Waals surface area contributed by atoms with Crippen molar-refractivity contribution in [2.24, 2.45) is 11.3 Å². The van der Waals surface area contributed by atoms with Crippen molar-refractivity contribution in [3.63, 3.8) is 0 Å². The molecular formula is C18H20ClNO3. The molecule has 1 aromatic carbocycles. The molecule has 0 spiro atoms. The minimum atomic E-state index is -0.730. The molecule has 0 radical (unpaired) electrons. The van der Waals surface area contributed by atoms with Gasteiger partial charge in [-0.05, 0) is 49.3 Å². The molecule has 5 heteroatoms. The van der Waals surface area contributed by atoms with Crippen LogP contribution >= 0.6 is 11.6 Å². The average Bonchev–Trinajstić information content (AvgIpc) is 3.09. The van der Waals surface area contributed by atoms with E-state index in [2.05, 4.69) is 0 Å². The highest BCUT2D eigenvalue weighted by Gasteiger charge is 2.60. The van der Waals surface area contributed by atoms with Gasteiger partial charge in [0.1, 0.15) is 0 Å². The number of fused-ring (bicyclic) bond motifs is 1. The van der Waals surface area contributed by atoms with Crippen molar-refractivity contribution in [2.75, 3.05) is 13.1 Å². The van der Waals surface area contributed by atoms with E-state index in [9.17, 15) is 14.7 Å². The standard InChI is InChI=1S/C18H20ClNO3/c19-14-5-3-12(4-6-14)17(8-9-17)15(21)20-10-13-2-1-7-18(13,11-20)16(22)23/h3-6,13H,1-2,7-11H2,(H,22,23)/t13-,18+/m0/s1. The number of carboxylic acids is 1. The van der Waals surface area contributed by atoms with Crippen molar-refractivity contribution < 1.29 is 14.7 Å². The molecule has 2 atom stereocenters. The molecule has 2 aliphatic carbocycles. The molecule has 1 N–H and O–H groups in total. The van der Waals surface area contributed by atoms with E-state index in [1.54, 1.807) is 0 Å². The van der Waals surface area contributed by atoms with Crippen LogP contribution in [0.4, 0.5) is 0 Å². The summed E-state index contributed by atoms with van der Waals surface area (Å²) < 4.78 is 0. The monoisotopic (exact) mass is 333 g/mol. The Balaban J connectivity index is 1.59. The fourth-order valence-electron chi connectivity index (χ4n) is 4.62. The Hall–Kier alpha value is -1.55. The highest BCUT2D eigenvalue weighted by atomic mass is 35.5. The number of carbonyl (C=O) groups is 2. The quantitative estimate of drug-likeness (QED) is 0.924. The molecule has 0 aromatic heterocycles. The highest BCUT2D eigenvalue weighted by Crippen LogP contribution is 2.54. The van der Waals surface area contributed by atoms with Crippen LogP contribution in [0.3, 0.4) is 0 Å². The maximum Gasteiger partial charge on any atom is 0.311 e. The molecule has 4 rings (SSSR count). The van der Waals surface area contributed by atoms with Gasteiger partial charge >= 0.3 is 5.97 Å². The molecule has 1 aliphatic heterocycles. The van der Waals surface area contributed by atoms with Crippen LogP contribution in [0.2, 0.25) is 5.02 Å². The zero-order chi connectivity index (χ0) is 16.2. The Labute approximate surface area is 140 Å². The Morgan fingerprint density at radius 1 is 1.17 bits per heavy atom. The predicted molar refractivity (Wildman–Crippen MR) is 86.4 cm³/mol. The van der Waals surface area contributed by atoms with Gasteiger partial charge in [0.2, 0.25) is 5.91 Å². The molecular weight excluding hydrogens is 314 g/mol. The van der Waals surface area contributed by atoms with Crippen molar-refractivity contribution in [1.82, 2.24) is 4.90 Å². The zero-order valence-electron chi connectivity index (χ0n) is 12.9. The van der Waals surface area contributed by atoms with E-state index >= 15 is 0 Å². The van der Waals surface area contributed by atoms with Crippen molar-refractivity contribution in [3.8, 4) is 0 Å². The van der Waals surface area contributed by atoms with Gasteiger partial charge in [0.25, 0.3) is 0 Å². The van der Waals surface area contributed by atoms with Gasteiger partial charge in [0, 0.05) is 18.1 Å². The lowest BCUT2D eigenvalue weighted by molar-refractivity contribution is -0.149. The third-order valence-corrected chi connectivity index (χ3v) is 6.39. The summed E-state index contributed by atoms with van der Waals surface area (Å²) in [5.74, 6) is -0.508. The average molecular weight is 334 g/mol. The number of benzene rings is 1. The van der Waals surface area contributed by atoms with Gasteiger partial charge in [0.05, 0.1) is 10.8 Å². The van der Waals surface area contributed by atoms with Gasteiger partial charge in [-0.2, -0.15) is 0 Å². The molecule has 3 aliphatic rings. The van der Waals surface area contributed by atoms with Gasteiger partial charge in [-0.15, -0.1) is 0 Å². The largest absolute Gasteiger partial charge is 0.481 e. The lowest BCUT2D eigenvalue weighted by atomic mass is 9.81.